The third kappa shape index (κ3) is 5.91. The van der Waals surface area contributed by atoms with Crippen molar-refractivity contribution in [2.75, 3.05) is 18.4 Å². The fourth-order valence-electron chi connectivity index (χ4n) is 1.34. The van der Waals surface area contributed by atoms with E-state index in [1.54, 1.807) is 0 Å². The van der Waals surface area contributed by atoms with E-state index < -0.39 is 0 Å². The second-order valence-electron chi connectivity index (χ2n) is 4.37. The Morgan fingerprint density at radius 3 is 2.71 bits per heavy atom. The summed E-state index contributed by atoms with van der Waals surface area (Å²) in [6, 6.07) is 7.93. The van der Waals surface area contributed by atoms with Crippen molar-refractivity contribution in [2.45, 2.75) is 20.3 Å². The SMILES string of the molecule is CC(C)CCNC(=O)CNc1ccccc1I. The Balaban J connectivity index is 2.26. The molecule has 0 aliphatic carbocycles. The molecular weight excluding hydrogens is 327 g/mol. The van der Waals surface area contributed by atoms with Gasteiger partial charge in [0, 0.05) is 15.8 Å². The number of rotatable bonds is 6. The molecule has 0 spiro atoms. The first-order valence-electron chi connectivity index (χ1n) is 5.84. The highest BCUT2D eigenvalue weighted by Crippen LogP contribution is 2.16. The fraction of sp³-hybridized carbons (Fsp3) is 0.462. The van der Waals surface area contributed by atoms with E-state index in [4.69, 9.17) is 0 Å². The average Bonchev–Trinajstić information content (AvgIpc) is 2.27. The molecule has 1 aromatic rings. The monoisotopic (exact) mass is 346 g/mol. The fourth-order valence-corrected chi connectivity index (χ4v) is 1.92. The number of nitrogens with one attached hydrogen (secondary N) is 2. The molecule has 0 aliphatic heterocycles. The van der Waals surface area contributed by atoms with Gasteiger partial charge in [0.2, 0.25) is 5.91 Å². The first-order chi connectivity index (χ1) is 8.09. The summed E-state index contributed by atoms with van der Waals surface area (Å²) in [6.45, 7) is 5.38. The van der Waals surface area contributed by atoms with Crippen LogP contribution in [0.2, 0.25) is 0 Å². The zero-order valence-corrected chi connectivity index (χ0v) is 12.5. The maximum atomic E-state index is 11.5. The molecule has 0 fully saturated rings. The first kappa shape index (κ1) is 14.3. The third-order valence-electron chi connectivity index (χ3n) is 2.36. The van der Waals surface area contributed by atoms with Crippen LogP contribution in [-0.4, -0.2) is 19.0 Å². The number of hydrogen-bond acceptors (Lipinski definition) is 2. The van der Waals surface area contributed by atoms with Gasteiger partial charge in [-0.3, -0.25) is 4.79 Å². The highest BCUT2D eigenvalue weighted by atomic mass is 127. The molecule has 17 heavy (non-hydrogen) atoms. The van der Waals surface area contributed by atoms with Crippen LogP contribution in [0, 0.1) is 9.49 Å². The van der Waals surface area contributed by atoms with Gasteiger partial charge >= 0.3 is 0 Å². The molecule has 1 aromatic carbocycles. The van der Waals surface area contributed by atoms with Crippen molar-refractivity contribution in [3.05, 3.63) is 27.8 Å². The highest BCUT2D eigenvalue weighted by molar-refractivity contribution is 14.1. The van der Waals surface area contributed by atoms with Gasteiger partial charge in [-0.25, -0.2) is 0 Å². The Bertz CT molecular complexity index is 366. The molecule has 4 heteroatoms. The van der Waals surface area contributed by atoms with Crippen molar-refractivity contribution in [1.82, 2.24) is 5.32 Å². The minimum Gasteiger partial charge on any atom is -0.375 e. The van der Waals surface area contributed by atoms with E-state index in [-0.39, 0.29) is 5.91 Å². The van der Waals surface area contributed by atoms with Gasteiger partial charge in [-0.2, -0.15) is 0 Å². The number of amides is 1. The average molecular weight is 346 g/mol. The van der Waals surface area contributed by atoms with Crippen LogP contribution in [0.1, 0.15) is 20.3 Å². The number of halogens is 1. The summed E-state index contributed by atoms with van der Waals surface area (Å²) in [7, 11) is 0. The molecule has 1 rings (SSSR count). The largest absolute Gasteiger partial charge is 0.375 e. The highest BCUT2D eigenvalue weighted by Gasteiger charge is 2.03. The summed E-state index contributed by atoms with van der Waals surface area (Å²) in [5.41, 5.74) is 1.01. The van der Waals surface area contributed by atoms with Crippen molar-refractivity contribution in [3.63, 3.8) is 0 Å². The second kappa shape index (κ2) is 7.53. The lowest BCUT2D eigenvalue weighted by atomic mass is 10.1. The molecular formula is C13H19IN2O. The molecule has 0 atom stereocenters. The van der Waals surface area contributed by atoms with E-state index in [9.17, 15) is 4.79 Å². The van der Waals surface area contributed by atoms with Gasteiger partial charge in [0.15, 0.2) is 0 Å². The quantitative estimate of drug-likeness (QED) is 0.778. The molecule has 0 saturated carbocycles. The summed E-state index contributed by atoms with van der Waals surface area (Å²) >= 11 is 2.25. The van der Waals surface area contributed by atoms with Crippen LogP contribution < -0.4 is 10.6 Å². The van der Waals surface area contributed by atoms with Gasteiger partial charge in [0.1, 0.15) is 0 Å². The molecule has 2 N–H and O–H groups in total. The topological polar surface area (TPSA) is 41.1 Å². The Hall–Kier alpha value is -0.780. The zero-order chi connectivity index (χ0) is 12.7. The molecule has 0 aromatic heterocycles. The van der Waals surface area contributed by atoms with Crippen LogP contribution in [0.25, 0.3) is 0 Å². The predicted molar refractivity (Wildman–Crippen MR) is 80.1 cm³/mol. The molecule has 0 heterocycles. The van der Waals surface area contributed by atoms with Gasteiger partial charge in [-0.15, -0.1) is 0 Å². The van der Waals surface area contributed by atoms with E-state index in [1.807, 2.05) is 24.3 Å². The second-order valence-corrected chi connectivity index (χ2v) is 5.53. The van der Waals surface area contributed by atoms with E-state index in [0.29, 0.717) is 12.5 Å². The van der Waals surface area contributed by atoms with Crippen LogP contribution >= 0.6 is 22.6 Å². The Kier molecular flexibility index (Phi) is 6.32. The first-order valence-corrected chi connectivity index (χ1v) is 6.92. The number of para-hydroxylation sites is 1. The minimum absolute atomic E-state index is 0.0466. The normalized spacial score (nSPS) is 10.4. The lowest BCUT2D eigenvalue weighted by Gasteiger charge is -2.10. The van der Waals surface area contributed by atoms with Gasteiger partial charge in [-0.05, 0) is 47.1 Å². The van der Waals surface area contributed by atoms with E-state index >= 15 is 0 Å². The van der Waals surface area contributed by atoms with Crippen molar-refractivity contribution in [1.29, 1.82) is 0 Å². The summed E-state index contributed by atoms with van der Waals surface area (Å²) in [6.07, 6.45) is 1.02. The van der Waals surface area contributed by atoms with Gasteiger partial charge in [0.05, 0.1) is 6.54 Å². The van der Waals surface area contributed by atoms with E-state index in [2.05, 4.69) is 47.1 Å². The predicted octanol–water partition coefficient (Wildman–Crippen LogP) is 2.87. The molecule has 0 bridgehead atoms. The van der Waals surface area contributed by atoms with E-state index in [0.717, 1.165) is 22.2 Å². The molecule has 94 valence electrons. The zero-order valence-electron chi connectivity index (χ0n) is 10.3. The number of benzene rings is 1. The van der Waals surface area contributed by atoms with Crippen molar-refractivity contribution in [3.8, 4) is 0 Å². The standard InChI is InChI=1S/C13H19IN2O/c1-10(2)7-8-15-13(17)9-16-12-6-4-3-5-11(12)14/h3-6,10,16H,7-9H2,1-2H3,(H,15,17). The molecule has 0 saturated heterocycles. The molecule has 0 unspecified atom stereocenters. The minimum atomic E-state index is 0.0466. The molecule has 0 aliphatic rings. The van der Waals surface area contributed by atoms with Gasteiger partial charge < -0.3 is 10.6 Å². The summed E-state index contributed by atoms with van der Waals surface area (Å²) in [4.78, 5) is 11.5. The van der Waals surface area contributed by atoms with Crippen molar-refractivity contribution >= 4 is 34.2 Å². The van der Waals surface area contributed by atoms with Crippen molar-refractivity contribution < 1.29 is 4.79 Å². The Morgan fingerprint density at radius 1 is 1.35 bits per heavy atom. The summed E-state index contributed by atoms with van der Waals surface area (Å²) < 4.78 is 1.13. The van der Waals surface area contributed by atoms with Crippen LogP contribution in [0.4, 0.5) is 5.69 Å². The Labute approximate surface area is 117 Å². The Morgan fingerprint density at radius 2 is 2.06 bits per heavy atom. The third-order valence-corrected chi connectivity index (χ3v) is 3.30. The lowest BCUT2D eigenvalue weighted by Crippen LogP contribution is -2.31. The number of anilines is 1. The van der Waals surface area contributed by atoms with Crippen LogP contribution in [0.15, 0.2) is 24.3 Å². The van der Waals surface area contributed by atoms with Gasteiger partial charge in [-0.1, -0.05) is 26.0 Å². The van der Waals surface area contributed by atoms with Crippen LogP contribution in [0.3, 0.4) is 0 Å². The molecule has 3 nitrogen and oxygen atoms in total. The van der Waals surface area contributed by atoms with Crippen LogP contribution in [-0.2, 0) is 4.79 Å². The summed E-state index contributed by atoms with van der Waals surface area (Å²) in [5, 5.41) is 6.03. The molecule has 1 amide bonds. The number of carbonyl (C=O) groups is 1. The molecule has 0 radical (unpaired) electrons. The number of hydrogen-bond donors (Lipinski definition) is 2. The van der Waals surface area contributed by atoms with Gasteiger partial charge in [0.25, 0.3) is 0 Å². The lowest BCUT2D eigenvalue weighted by molar-refractivity contribution is -0.119. The van der Waals surface area contributed by atoms with Crippen LogP contribution in [0.5, 0.6) is 0 Å². The maximum absolute atomic E-state index is 11.5. The maximum Gasteiger partial charge on any atom is 0.239 e. The van der Waals surface area contributed by atoms with E-state index in [1.165, 1.54) is 0 Å². The van der Waals surface area contributed by atoms with Crippen molar-refractivity contribution in [2.24, 2.45) is 5.92 Å². The summed E-state index contributed by atoms with van der Waals surface area (Å²) in [5.74, 6) is 0.670. The smallest absolute Gasteiger partial charge is 0.239 e. The number of carbonyl (C=O) groups excluding carboxylic acids is 1.